The van der Waals surface area contributed by atoms with Gasteiger partial charge in [-0.25, -0.2) is 9.78 Å². The van der Waals surface area contributed by atoms with E-state index < -0.39 is 0 Å². The molecule has 8 heteroatoms. The van der Waals surface area contributed by atoms with E-state index in [1.807, 2.05) is 17.2 Å². The van der Waals surface area contributed by atoms with Crippen molar-refractivity contribution in [3.05, 3.63) is 24.3 Å². The summed E-state index contributed by atoms with van der Waals surface area (Å²) in [5.74, 6) is 2.32. The van der Waals surface area contributed by atoms with Gasteiger partial charge in [0, 0.05) is 31.7 Å². The summed E-state index contributed by atoms with van der Waals surface area (Å²) < 4.78 is 2.08. The summed E-state index contributed by atoms with van der Waals surface area (Å²) in [7, 11) is 0. The van der Waals surface area contributed by atoms with Gasteiger partial charge in [0.1, 0.15) is 5.82 Å². The highest BCUT2D eigenvalue weighted by Crippen LogP contribution is 2.35. The van der Waals surface area contributed by atoms with E-state index in [0.717, 1.165) is 54.5 Å². The minimum absolute atomic E-state index is 0.0545. The molecule has 1 saturated carbocycles. The van der Waals surface area contributed by atoms with Gasteiger partial charge in [-0.3, -0.25) is 4.40 Å². The van der Waals surface area contributed by atoms with Crippen molar-refractivity contribution in [1.82, 2.24) is 34.8 Å². The van der Waals surface area contributed by atoms with Crippen molar-refractivity contribution < 1.29 is 4.79 Å². The van der Waals surface area contributed by atoms with Crippen LogP contribution >= 0.6 is 0 Å². The van der Waals surface area contributed by atoms with E-state index in [9.17, 15) is 4.79 Å². The van der Waals surface area contributed by atoms with Crippen LogP contribution in [-0.2, 0) is 0 Å². The molecule has 1 saturated heterocycles. The summed E-state index contributed by atoms with van der Waals surface area (Å²) in [4.78, 5) is 22.1. The highest BCUT2D eigenvalue weighted by atomic mass is 16.2. The fraction of sp³-hybridized carbons (Fsp3) is 0.579. The predicted octanol–water partition coefficient (Wildman–Crippen LogP) is 2.54. The number of hydrogen-bond donors (Lipinski definition) is 2. The molecule has 2 aliphatic rings. The Kier molecular flexibility index (Phi) is 3.98. The number of H-pyrrole nitrogens is 1. The van der Waals surface area contributed by atoms with Gasteiger partial charge in [-0.15, -0.1) is 10.2 Å². The molecule has 27 heavy (non-hydrogen) atoms. The van der Waals surface area contributed by atoms with E-state index in [2.05, 4.69) is 36.8 Å². The first-order valence-electron chi connectivity index (χ1n) is 9.94. The van der Waals surface area contributed by atoms with Crippen molar-refractivity contribution in [2.24, 2.45) is 11.8 Å². The first-order valence-corrected chi connectivity index (χ1v) is 9.94. The SMILES string of the molecule is CCC1CN(C(=O)NCCC2CC2)CC1c1nnc2cnc3[nH]ccc3n12. The Morgan fingerprint density at radius 3 is 3.04 bits per heavy atom. The number of nitrogens with one attached hydrogen (secondary N) is 2. The molecule has 2 N–H and O–H groups in total. The zero-order chi connectivity index (χ0) is 18.4. The number of aromatic nitrogens is 5. The third-order valence-electron chi connectivity index (χ3n) is 6.08. The second-order valence-electron chi connectivity index (χ2n) is 7.87. The average molecular weight is 367 g/mol. The zero-order valence-corrected chi connectivity index (χ0v) is 15.6. The lowest BCUT2D eigenvalue weighted by molar-refractivity contribution is 0.206. The molecule has 142 valence electrons. The molecule has 2 amide bonds. The quantitative estimate of drug-likeness (QED) is 0.725. The van der Waals surface area contributed by atoms with Crippen LogP contribution in [0.25, 0.3) is 16.8 Å². The second-order valence-corrected chi connectivity index (χ2v) is 7.87. The van der Waals surface area contributed by atoms with E-state index in [-0.39, 0.29) is 11.9 Å². The number of likely N-dealkylation sites (tertiary alicyclic amines) is 1. The Labute approximate surface area is 157 Å². The lowest BCUT2D eigenvalue weighted by atomic mass is 9.93. The molecule has 1 aliphatic heterocycles. The molecule has 0 radical (unpaired) electrons. The summed E-state index contributed by atoms with van der Waals surface area (Å²) in [6.07, 6.45) is 8.38. The summed E-state index contributed by atoms with van der Waals surface area (Å²) in [5, 5.41) is 11.9. The summed E-state index contributed by atoms with van der Waals surface area (Å²) >= 11 is 0. The molecule has 5 rings (SSSR count). The number of hydrogen-bond acceptors (Lipinski definition) is 4. The normalized spacial score (nSPS) is 22.8. The molecule has 4 heterocycles. The van der Waals surface area contributed by atoms with Gasteiger partial charge in [0.15, 0.2) is 11.3 Å². The molecule has 2 fully saturated rings. The number of fused-ring (bicyclic) bond motifs is 3. The largest absolute Gasteiger partial charge is 0.345 e. The number of carbonyl (C=O) groups is 1. The van der Waals surface area contributed by atoms with Gasteiger partial charge in [-0.1, -0.05) is 26.2 Å². The number of aromatic amines is 1. The molecule has 0 aromatic carbocycles. The Balaban J connectivity index is 1.39. The Morgan fingerprint density at radius 1 is 1.33 bits per heavy atom. The molecule has 2 atom stereocenters. The van der Waals surface area contributed by atoms with Crippen LogP contribution in [0, 0.1) is 11.8 Å². The topological polar surface area (TPSA) is 91.2 Å². The first-order chi connectivity index (χ1) is 13.2. The number of urea groups is 1. The van der Waals surface area contributed by atoms with Crippen LogP contribution in [0.4, 0.5) is 4.79 Å². The predicted molar refractivity (Wildman–Crippen MR) is 101 cm³/mol. The second kappa shape index (κ2) is 6.51. The van der Waals surface area contributed by atoms with E-state index in [4.69, 9.17) is 0 Å². The fourth-order valence-corrected chi connectivity index (χ4v) is 4.28. The Morgan fingerprint density at radius 2 is 2.22 bits per heavy atom. The lowest BCUT2D eigenvalue weighted by Gasteiger charge is -2.17. The van der Waals surface area contributed by atoms with Gasteiger partial charge >= 0.3 is 6.03 Å². The van der Waals surface area contributed by atoms with Crippen LogP contribution in [0.1, 0.15) is 44.3 Å². The van der Waals surface area contributed by atoms with Gasteiger partial charge < -0.3 is 15.2 Å². The van der Waals surface area contributed by atoms with Crippen molar-refractivity contribution in [3.8, 4) is 0 Å². The monoisotopic (exact) mass is 367 g/mol. The molecule has 3 aromatic heterocycles. The molecular formula is C19H25N7O. The highest BCUT2D eigenvalue weighted by Gasteiger charge is 2.38. The van der Waals surface area contributed by atoms with Crippen molar-refractivity contribution >= 4 is 22.8 Å². The van der Waals surface area contributed by atoms with Crippen LogP contribution in [0.15, 0.2) is 18.5 Å². The number of rotatable bonds is 5. The minimum atomic E-state index is 0.0545. The molecule has 1 aliphatic carbocycles. The van der Waals surface area contributed by atoms with E-state index in [1.165, 1.54) is 12.8 Å². The van der Waals surface area contributed by atoms with Crippen molar-refractivity contribution in [2.45, 2.75) is 38.5 Å². The van der Waals surface area contributed by atoms with Gasteiger partial charge in [-0.2, -0.15) is 0 Å². The first kappa shape index (κ1) is 16.5. The number of nitrogens with zero attached hydrogens (tertiary/aromatic N) is 5. The van der Waals surface area contributed by atoms with Crippen LogP contribution in [0.3, 0.4) is 0 Å². The summed E-state index contributed by atoms with van der Waals surface area (Å²) in [5.41, 5.74) is 2.55. The molecular weight excluding hydrogens is 342 g/mol. The Bertz CT molecular complexity index is 973. The maximum atomic E-state index is 12.6. The highest BCUT2D eigenvalue weighted by molar-refractivity contribution is 5.75. The van der Waals surface area contributed by atoms with Gasteiger partial charge in [0.05, 0.1) is 11.7 Å². The van der Waals surface area contributed by atoms with Crippen LogP contribution < -0.4 is 5.32 Å². The summed E-state index contributed by atoms with van der Waals surface area (Å²) in [6, 6.07) is 2.05. The van der Waals surface area contributed by atoms with E-state index in [0.29, 0.717) is 12.5 Å². The smallest absolute Gasteiger partial charge is 0.317 e. The summed E-state index contributed by atoms with van der Waals surface area (Å²) in [6.45, 7) is 4.42. The maximum absolute atomic E-state index is 12.6. The van der Waals surface area contributed by atoms with Gasteiger partial charge in [-0.05, 0) is 24.3 Å². The third kappa shape index (κ3) is 2.93. The molecule has 8 nitrogen and oxygen atoms in total. The molecule has 3 aromatic rings. The van der Waals surface area contributed by atoms with Crippen LogP contribution in [0.2, 0.25) is 0 Å². The van der Waals surface area contributed by atoms with Crippen molar-refractivity contribution in [2.75, 3.05) is 19.6 Å². The molecule has 0 spiro atoms. The van der Waals surface area contributed by atoms with Crippen LogP contribution in [-0.4, -0.2) is 55.1 Å². The minimum Gasteiger partial charge on any atom is -0.345 e. The lowest BCUT2D eigenvalue weighted by Crippen LogP contribution is -2.39. The fourth-order valence-electron chi connectivity index (χ4n) is 4.28. The molecule has 0 bridgehead atoms. The van der Waals surface area contributed by atoms with Gasteiger partial charge in [0.25, 0.3) is 0 Å². The van der Waals surface area contributed by atoms with E-state index >= 15 is 0 Å². The third-order valence-corrected chi connectivity index (χ3v) is 6.08. The standard InChI is InChI=1S/C19H25N7O/c1-2-13-10-25(19(27)21-7-5-12-3-4-12)11-14(13)18-24-23-16-9-22-17-15(26(16)18)6-8-20-17/h6,8-9,12-14,20H,2-5,7,10-11H2,1H3,(H,21,27). The van der Waals surface area contributed by atoms with Crippen molar-refractivity contribution in [1.29, 1.82) is 0 Å². The Hall–Kier alpha value is -2.64. The zero-order valence-electron chi connectivity index (χ0n) is 15.6. The number of carbonyl (C=O) groups excluding carboxylic acids is 1. The maximum Gasteiger partial charge on any atom is 0.317 e. The van der Waals surface area contributed by atoms with Crippen LogP contribution in [0.5, 0.6) is 0 Å². The van der Waals surface area contributed by atoms with Gasteiger partial charge in [0.2, 0.25) is 0 Å². The number of amides is 2. The van der Waals surface area contributed by atoms with E-state index in [1.54, 1.807) is 6.20 Å². The van der Waals surface area contributed by atoms with Crippen molar-refractivity contribution in [3.63, 3.8) is 0 Å². The average Bonchev–Trinajstić information content (AvgIpc) is 3.10. The molecule has 2 unspecified atom stereocenters.